The number of hydrogen-bond donors (Lipinski definition) is 0. The number of ether oxygens (including phenoxy) is 3. The summed E-state index contributed by atoms with van der Waals surface area (Å²) in [6.07, 6.45) is 1.66. The van der Waals surface area contributed by atoms with E-state index in [1.807, 2.05) is 6.92 Å². The summed E-state index contributed by atoms with van der Waals surface area (Å²) < 4.78 is 45.7. The van der Waals surface area contributed by atoms with Gasteiger partial charge in [-0.15, -0.1) is 0 Å². The first-order valence-electron chi connectivity index (χ1n) is 12.1. The Kier molecular flexibility index (Phi) is 8.30. The van der Waals surface area contributed by atoms with Gasteiger partial charge in [0.1, 0.15) is 6.54 Å². The molecule has 0 aliphatic carbocycles. The number of carbonyl (C=O) groups is 2. The molecule has 12 heteroatoms. The molecule has 4 rings (SSSR count). The smallest absolute Gasteiger partial charge is 0.326 e. The molecular formula is C25H29N3O7S2. The number of amides is 1. The molecule has 2 aromatic carbocycles. The number of carbonyl (C=O) groups excluding carboxylic acids is 2. The zero-order chi connectivity index (χ0) is 26.6. The number of aromatic nitrogens is 1. The SMILES string of the molecule is CCCCN(CC)S(=O)(=O)c1ccc(C(=O)N=c2sc3cc4c(cc3n2CC(=O)OCC)OCO4)cc1. The molecule has 0 fully saturated rings. The molecular weight excluding hydrogens is 518 g/mol. The highest BCUT2D eigenvalue weighted by Gasteiger charge is 2.23. The van der Waals surface area contributed by atoms with Crippen LogP contribution in [-0.4, -0.2) is 55.7 Å². The average molecular weight is 548 g/mol. The molecule has 0 spiro atoms. The largest absolute Gasteiger partial charge is 0.465 e. The van der Waals surface area contributed by atoms with E-state index in [9.17, 15) is 18.0 Å². The van der Waals surface area contributed by atoms with Gasteiger partial charge in [0, 0.05) is 30.8 Å². The van der Waals surface area contributed by atoms with E-state index in [0.717, 1.165) is 17.5 Å². The second-order valence-corrected chi connectivity index (χ2v) is 11.2. The first-order valence-corrected chi connectivity index (χ1v) is 14.3. The van der Waals surface area contributed by atoms with Crippen LogP contribution >= 0.6 is 11.3 Å². The Bertz CT molecular complexity index is 1470. The minimum atomic E-state index is -3.66. The van der Waals surface area contributed by atoms with Crippen LogP contribution in [0.4, 0.5) is 0 Å². The van der Waals surface area contributed by atoms with E-state index in [4.69, 9.17) is 14.2 Å². The van der Waals surface area contributed by atoms with Gasteiger partial charge in [0.05, 0.1) is 21.7 Å². The first kappa shape index (κ1) is 26.8. The number of rotatable bonds is 10. The van der Waals surface area contributed by atoms with Crippen molar-refractivity contribution in [3.8, 4) is 11.5 Å². The quantitative estimate of drug-likeness (QED) is 0.357. The topological polar surface area (TPSA) is 117 Å². The standard InChI is InChI=1S/C25H29N3O7S2/c1-4-7-12-27(5-2)37(31,32)18-10-8-17(9-11-18)24(30)26-25-28(15-23(29)33-6-3)19-13-20-21(35-16-34-20)14-22(19)36-25/h8-11,13-14H,4-7,12,15-16H2,1-3H3. The highest BCUT2D eigenvalue weighted by atomic mass is 32.2. The summed E-state index contributed by atoms with van der Waals surface area (Å²) in [4.78, 5) is 30.0. The number of fused-ring (bicyclic) bond motifs is 2. The molecule has 198 valence electrons. The zero-order valence-corrected chi connectivity index (χ0v) is 22.6. The summed E-state index contributed by atoms with van der Waals surface area (Å²) in [5, 5.41) is 0. The summed E-state index contributed by atoms with van der Waals surface area (Å²) in [6.45, 7) is 6.53. The predicted octanol–water partition coefficient (Wildman–Crippen LogP) is 3.55. The van der Waals surface area contributed by atoms with Crippen molar-refractivity contribution in [1.29, 1.82) is 0 Å². The minimum absolute atomic E-state index is 0.112. The lowest BCUT2D eigenvalue weighted by Gasteiger charge is -2.20. The number of nitrogens with zero attached hydrogens (tertiary/aromatic N) is 3. The molecule has 1 amide bonds. The van der Waals surface area contributed by atoms with Crippen LogP contribution in [0.1, 0.15) is 44.0 Å². The Morgan fingerprint density at radius 3 is 2.46 bits per heavy atom. The third kappa shape index (κ3) is 5.71. The van der Waals surface area contributed by atoms with Crippen LogP contribution in [0.15, 0.2) is 46.3 Å². The lowest BCUT2D eigenvalue weighted by Crippen LogP contribution is -2.31. The molecule has 0 bridgehead atoms. The summed E-state index contributed by atoms with van der Waals surface area (Å²) >= 11 is 1.22. The Balaban J connectivity index is 1.68. The molecule has 2 heterocycles. The van der Waals surface area contributed by atoms with Gasteiger partial charge >= 0.3 is 5.97 Å². The molecule has 0 N–H and O–H groups in total. The number of esters is 1. The Morgan fingerprint density at radius 1 is 1.11 bits per heavy atom. The van der Waals surface area contributed by atoms with Gasteiger partial charge in [0.15, 0.2) is 16.3 Å². The third-order valence-electron chi connectivity index (χ3n) is 5.82. The van der Waals surface area contributed by atoms with Crippen molar-refractivity contribution in [2.24, 2.45) is 4.99 Å². The normalized spacial score (nSPS) is 13.5. The fraction of sp³-hybridized carbons (Fsp3) is 0.400. The molecule has 0 saturated carbocycles. The number of sulfonamides is 1. The van der Waals surface area contributed by atoms with E-state index in [0.29, 0.717) is 34.9 Å². The van der Waals surface area contributed by atoms with Crippen LogP contribution in [-0.2, 0) is 26.1 Å². The second kappa shape index (κ2) is 11.4. The maximum Gasteiger partial charge on any atom is 0.326 e. The van der Waals surface area contributed by atoms with Crippen LogP contribution in [0.25, 0.3) is 10.2 Å². The molecule has 0 saturated heterocycles. The van der Waals surface area contributed by atoms with Gasteiger partial charge < -0.3 is 18.8 Å². The van der Waals surface area contributed by atoms with E-state index in [1.54, 1.807) is 30.5 Å². The van der Waals surface area contributed by atoms with E-state index < -0.39 is 21.9 Å². The van der Waals surface area contributed by atoms with Crippen LogP contribution < -0.4 is 14.3 Å². The highest BCUT2D eigenvalue weighted by molar-refractivity contribution is 7.89. The zero-order valence-electron chi connectivity index (χ0n) is 20.9. The van der Waals surface area contributed by atoms with Gasteiger partial charge in [0.2, 0.25) is 16.8 Å². The number of unbranched alkanes of at least 4 members (excludes halogenated alkanes) is 1. The van der Waals surface area contributed by atoms with E-state index in [2.05, 4.69) is 4.99 Å². The third-order valence-corrected chi connectivity index (χ3v) is 8.85. The first-order chi connectivity index (χ1) is 17.8. The Hall–Kier alpha value is -3.22. The Labute approximate surface area is 219 Å². The maximum absolute atomic E-state index is 13.0. The van der Waals surface area contributed by atoms with Gasteiger partial charge in [-0.05, 0) is 37.6 Å². The predicted molar refractivity (Wildman–Crippen MR) is 138 cm³/mol. The minimum Gasteiger partial charge on any atom is -0.465 e. The monoisotopic (exact) mass is 547 g/mol. The average Bonchev–Trinajstić information content (AvgIpc) is 3.47. The molecule has 1 aliphatic rings. The van der Waals surface area contributed by atoms with Crippen LogP contribution in [0.3, 0.4) is 0 Å². The number of benzene rings is 2. The van der Waals surface area contributed by atoms with Gasteiger partial charge in [-0.3, -0.25) is 9.59 Å². The summed E-state index contributed by atoms with van der Waals surface area (Å²) in [5.74, 6) is 0.0859. The van der Waals surface area contributed by atoms with Crippen molar-refractivity contribution in [1.82, 2.24) is 8.87 Å². The van der Waals surface area contributed by atoms with E-state index in [1.165, 1.54) is 39.9 Å². The summed E-state index contributed by atoms with van der Waals surface area (Å²) in [7, 11) is -3.66. The molecule has 0 unspecified atom stereocenters. The summed E-state index contributed by atoms with van der Waals surface area (Å²) in [6, 6.07) is 9.27. The molecule has 1 aliphatic heterocycles. The van der Waals surface area contributed by atoms with Crippen molar-refractivity contribution >= 4 is 43.5 Å². The van der Waals surface area contributed by atoms with Gasteiger partial charge in [-0.2, -0.15) is 9.30 Å². The summed E-state index contributed by atoms with van der Waals surface area (Å²) in [5.41, 5.74) is 0.881. The van der Waals surface area contributed by atoms with E-state index >= 15 is 0 Å². The molecule has 0 atom stereocenters. The van der Waals surface area contributed by atoms with Crippen molar-refractivity contribution < 1.29 is 32.2 Å². The van der Waals surface area contributed by atoms with Crippen molar-refractivity contribution in [2.45, 2.75) is 45.1 Å². The van der Waals surface area contributed by atoms with Crippen molar-refractivity contribution in [3.63, 3.8) is 0 Å². The van der Waals surface area contributed by atoms with Gasteiger partial charge in [-0.1, -0.05) is 31.6 Å². The molecule has 1 aromatic heterocycles. The van der Waals surface area contributed by atoms with Crippen LogP contribution in [0.5, 0.6) is 11.5 Å². The highest BCUT2D eigenvalue weighted by Crippen LogP contribution is 2.37. The maximum atomic E-state index is 13.0. The lowest BCUT2D eigenvalue weighted by molar-refractivity contribution is -0.143. The van der Waals surface area contributed by atoms with Gasteiger partial charge in [0.25, 0.3) is 5.91 Å². The van der Waals surface area contributed by atoms with Crippen LogP contribution in [0, 0.1) is 0 Å². The fourth-order valence-electron chi connectivity index (χ4n) is 3.89. The molecule has 3 aromatic rings. The van der Waals surface area contributed by atoms with Gasteiger partial charge in [-0.25, -0.2) is 8.42 Å². The number of hydrogen-bond acceptors (Lipinski definition) is 8. The van der Waals surface area contributed by atoms with Crippen LogP contribution in [0.2, 0.25) is 0 Å². The molecule has 37 heavy (non-hydrogen) atoms. The second-order valence-electron chi connectivity index (χ2n) is 8.24. The number of thiazole rings is 1. The van der Waals surface area contributed by atoms with Crippen molar-refractivity contribution in [3.05, 3.63) is 46.8 Å². The molecule has 0 radical (unpaired) electrons. The Morgan fingerprint density at radius 2 is 1.81 bits per heavy atom. The van der Waals surface area contributed by atoms with Crippen molar-refractivity contribution in [2.75, 3.05) is 26.5 Å². The van der Waals surface area contributed by atoms with E-state index in [-0.39, 0.29) is 30.4 Å². The lowest BCUT2D eigenvalue weighted by atomic mass is 10.2. The fourth-order valence-corrected chi connectivity index (χ4v) is 6.41. The molecule has 10 nitrogen and oxygen atoms in total.